The molecule has 0 radical (unpaired) electrons. The smallest absolute Gasteiger partial charge is 0.341 e. The minimum absolute atomic E-state index is 0.0935. The van der Waals surface area contributed by atoms with Crippen LogP contribution in [-0.2, 0) is 20.7 Å². The summed E-state index contributed by atoms with van der Waals surface area (Å²) >= 11 is 0. The molecule has 3 heterocycles. The Hall–Kier alpha value is -2.56. The number of allylic oxidation sites excluding steroid dienone is 1. The minimum atomic E-state index is -0.407. The molecule has 0 unspecified atom stereocenters. The van der Waals surface area contributed by atoms with Gasteiger partial charge in [-0.15, -0.1) is 0 Å². The van der Waals surface area contributed by atoms with Crippen LogP contribution < -0.4 is 0 Å². The van der Waals surface area contributed by atoms with Crippen LogP contribution in [0.25, 0.3) is 6.08 Å². The van der Waals surface area contributed by atoms with Crippen molar-refractivity contribution in [2.24, 2.45) is 5.92 Å². The van der Waals surface area contributed by atoms with Gasteiger partial charge in [0.15, 0.2) is 0 Å². The highest BCUT2D eigenvalue weighted by Gasteiger charge is 2.28. The first kappa shape index (κ1) is 18.2. The van der Waals surface area contributed by atoms with Crippen LogP contribution in [0, 0.1) is 5.92 Å². The first-order valence-corrected chi connectivity index (χ1v) is 8.82. The largest absolute Gasteiger partial charge is 0.465 e. The Morgan fingerprint density at radius 2 is 2.12 bits per heavy atom. The normalized spacial score (nSPS) is 25.0. The molecule has 5 nitrogen and oxygen atoms in total. The van der Waals surface area contributed by atoms with Gasteiger partial charge >= 0.3 is 11.9 Å². The highest BCUT2D eigenvalue weighted by atomic mass is 16.5. The molecule has 5 heteroatoms. The summed E-state index contributed by atoms with van der Waals surface area (Å²) in [5.74, 6) is 0.662. The van der Waals surface area contributed by atoms with Crippen molar-refractivity contribution in [2.75, 3.05) is 7.11 Å². The number of carbonyl (C=O) groups is 2. The lowest BCUT2D eigenvalue weighted by molar-refractivity contribution is -0.139. The number of carbonyl (C=O) groups excluding carboxylic acids is 2. The van der Waals surface area contributed by atoms with E-state index in [1.54, 1.807) is 6.07 Å². The number of furan rings is 1. The van der Waals surface area contributed by atoms with E-state index >= 15 is 0 Å². The van der Waals surface area contributed by atoms with Gasteiger partial charge < -0.3 is 13.9 Å². The zero-order chi connectivity index (χ0) is 18.8. The summed E-state index contributed by atoms with van der Waals surface area (Å²) in [5.41, 5.74) is 3.17. The van der Waals surface area contributed by atoms with Crippen molar-refractivity contribution < 1.29 is 23.5 Å². The lowest BCUT2D eigenvalue weighted by atomic mass is 9.89. The van der Waals surface area contributed by atoms with Crippen molar-refractivity contribution in [3.05, 3.63) is 52.5 Å². The van der Waals surface area contributed by atoms with Crippen molar-refractivity contribution in [3.63, 3.8) is 0 Å². The van der Waals surface area contributed by atoms with Gasteiger partial charge in [0.25, 0.3) is 0 Å². The van der Waals surface area contributed by atoms with Gasteiger partial charge in [-0.05, 0) is 50.8 Å². The summed E-state index contributed by atoms with van der Waals surface area (Å²) in [6, 6.07) is 1.72. The van der Waals surface area contributed by atoms with E-state index < -0.39 is 5.97 Å². The molecule has 2 aliphatic heterocycles. The van der Waals surface area contributed by atoms with Gasteiger partial charge in [0.2, 0.25) is 0 Å². The summed E-state index contributed by atoms with van der Waals surface area (Å²) in [6.45, 7) is 7.98. The van der Waals surface area contributed by atoms with Crippen LogP contribution in [0.5, 0.6) is 0 Å². The highest BCUT2D eigenvalue weighted by molar-refractivity contribution is 5.91. The van der Waals surface area contributed by atoms with Crippen molar-refractivity contribution in [3.8, 4) is 0 Å². The fourth-order valence-electron chi connectivity index (χ4n) is 3.48. The average molecular weight is 356 g/mol. The van der Waals surface area contributed by atoms with Crippen LogP contribution >= 0.6 is 0 Å². The molecule has 2 aliphatic rings. The van der Waals surface area contributed by atoms with E-state index in [9.17, 15) is 9.59 Å². The molecule has 0 saturated carbocycles. The fourth-order valence-corrected chi connectivity index (χ4v) is 3.48. The Labute approximate surface area is 153 Å². The van der Waals surface area contributed by atoms with Gasteiger partial charge in [-0.25, -0.2) is 9.59 Å². The van der Waals surface area contributed by atoms with Gasteiger partial charge in [0.05, 0.1) is 7.11 Å². The molecule has 2 atom stereocenters. The lowest BCUT2D eigenvalue weighted by Crippen LogP contribution is -2.11. The van der Waals surface area contributed by atoms with Crippen molar-refractivity contribution in [2.45, 2.75) is 45.6 Å². The molecule has 0 N–H and O–H groups in total. The van der Waals surface area contributed by atoms with Crippen molar-refractivity contribution in [1.29, 1.82) is 0 Å². The van der Waals surface area contributed by atoms with Gasteiger partial charge in [0, 0.05) is 18.4 Å². The summed E-state index contributed by atoms with van der Waals surface area (Å²) < 4.78 is 16.3. The van der Waals surface area contributed by atoms with Crippen molar-refractivity contribution >= 4 is 18.0 Å². The Bertz CT molecular complexity index is 808. The van der Waals surface area contributed by atoms with Crippen LogP contribution in [0.3, 0.4) is 0 Å². The van der Waals surface area contributed by atoms with E-state index in [0.29, 0.717) is 36.3 Å². The molecular weight excluding hydrogens is 332 g/mol. The standard InChI is InChI=1S/C21H24O5/c1-12(2)14-5-6-15-9-16(26-20(15)22)7-13(3)8-17-11-18(21(23)24-4)19(10-14)25-17/h8-9,11,14,16H,1,5-7,10H2,2-4H3/b13-8+/t14-,16+/m0/s1. The summed E-state index contributed by atoms with van der Waals surface area (Å²) in [4.78, 5) is 24.2. The average Bonchev–Trinajstić information content (AvgIpc) is 3.13. The molecular formula is C21H24O5. The number of methoxy groups -OCH3 is 1. The number of esters is 2. The van der Waals surface area contributed by atoms with Gasteiger partial charge in [-0.3, -0.25) is 0 Å². The highest BCUT2D eigenvalue weighted by Crippen LogP contribution is 2.31. The first-order valence-electron chi connectivity index (χ1n) is 8.82. The van der Waals surface area contributed by atoms with E-state index in [0.717, 1.165) is 23.1 Å². The quantitative estimate of drug-likeness (QED) is 0.586. The van der Waals surface area contributed by atoms with Gasteiger partial charge in [0.1, 0.15) is 23.2 Å². The lowest BCUT2D eigenvalue weighted by Gasteiger charge is -2.16. The zero-order valence-corrected chi connectivity index (χ0v) is 15.5. The fraction of sp³-hybridized carbons (Fsp3) is 0.429. The summed E-state index contributed by atoms with van der Waals surface area (Å²) in [6.07, 6.45) is 6.07. The molecule has 0 spiro atoms. The monoisotopic (exact) mass is 356 g/mol. The van der Waals surface area contributed by atoms with E-state index in [1.807, 2.05) is 26.0 Å². The number of fused-ring (bicyclic) bond motifs is 3. The van der Waals surface area contributed by atoms with Crippen LogP contribution in [0.15, 0.2) is 39.9 Å². The molecule has 26 heavy (non-hydrogen) atoms. The molecule has 0 fully saturated rings. The molecule has 3 rings (SSSR count). The Kier molecular flexibility index (Phi) is 5.16. The summed E-state index contributed by atoms with van der Waals surface area (Å²) in [7, 11) is 1.36. The van der Waals surface area contributed by atoms with Gasteiger partial charge in [-0.2, -0.15) is 0 Å². The molecule has 138 valence electrons. The maximum Gasteiger partial charge on any atom is 0.341 e. The van der Waals surface area contributed by atoms with E-state index in [1.165, 1.54) is 7.11 Å². The maximum atomic E-state index is 12.1. The van der Waals surface area contributed by atoms with E-state index in [2.05, 4.69) is 6.58 Å². The van der Waals surface area contributed by atoms with Crippen molar-refractivity contribution in [1.82, 2.24) is 0 Å². The predicted molar refractivity (Wildman–Crippen MR) is 97.5 cm³/mol. The van der Waals surface area contributed by atoms with Crippen LogP contribution in [-0.4, -0.2) is 25.2 Å². The zero-order valence-electron chi connectivity index (χ0n) is 15.5. The second-order valence-corrected chi connectivity index (χ2v) is 7.09. The maximum absolute atomic E-state index is 12.1. The molecule has 1 aromatic rings. The van der Waals surface area contributed by atoms with E-state index in [-0.39, 0.29) is 18.0 Å². The predicted octanol–water partition coefficient (Wildman–Crippen LogP) is 4.24. The molecule has 0 saturated heterocycles. The number of ether oxygens (including phenoxy) is 2. The van der Waals surface area contributed by atoms with Crippen LogP contribution in [0.1, 0.15) is 55.0 Å². The van der Waals surface area contributed by atoms with Crippen LogP contribution in [0.2, 0.25) is 0 Å². The van der Waals surface area contributed by atoms with Crippen LogP contribution in [0.4, 0.5) is 0 Å². The molecule has 1 aromatic heterocycles. The summed E-state index contributed by atoms with van der Waals surface area (Å²) in [5, 5.41) is 0. The SMILES string of the molecule is C=C(C)[C@H]1CCC2=C[C@@H](C/C(C)=C/c3cc(C(=O)OC)c(o3)C1)OC2=O. The molecule has 0 amide bonds. The van der Waals surface area contributed by atoms with E-state index in [4.69, 9.17) is 13.9 Å². The number of rotatable bonds is 2. The number of hydrogen-bond acceptors (Lipinski definition) is 5. The Morgan fingerprint density at radius 3 is 2.81 bits per heavy atom. The minimum Gasteiger partial charge on any atom is -0.465 e. The number of hydrogen-bond donors (Lipinski definition) is 0. The third-order valence-electron chi connectivity index (χ3n) is 4.94. The molecule has 0 aromatic carbocycles. The third-order valence-corrected chi connectivity index (χ3v) is 4.94. The molecule has 4 bridgehead atoms. The topological polar surface area (TPSA) is 65.7 Å². The molecule has 0 aliphatic carbocycles. The van der Waals surface area contributed by atoms with Gasteiger partial charge in [-0.1, -0.05) is 17.7 Å². The second-order valence-electron chi connectivity index (χ2n) is 7.09. The second kappa shape index (κ2) is 7.36. The first-order chi connectivity index (χ1) is 12.4. The Balaban J connectivity index is 2.01. The Morgan fingerprint density at radius 1 is 1.35 bits per heavy atom. The third kappa shape index (κ3) is 3.82.